The highest BCUT2D eigenvalue weighted by molar-refractivity contribution is 5.68. The Bertz CT molecular complexity index is 554. The van der Waals surface area contributed by atoms with Crippen LogP contribution in [0.15, 0.2) is 49.1 Å². The largest absolute Gasteiger partial charge is 0.330 e. The van der Waals surface area contributed by atoms with Crippen LogP contribution in [0.4, 0.5) is 0 Å². The number of aryl methyl sites for hydroxylation is 2. The molecule has 4 heteroatoms. The molecule has 4 N–H and O–H groups in total. The molecule has 2 aromatic rings. The lowest BCUT2D eigenvalue weighted by Gasteiger charge is -1.98. The first-order valence-electron chi connectivity index (χ1n) is 7.88. The second-order valence-corrected chi connectivity index (χ2v) is 5.37. The molecular weight excluding hydrogens is 272 g/mol. The molecule has 0 radical (unpaired) electrons. The lowest BCUT2D eigenvalue weighted by Crippen LogP contribution is -2.34. The number of aromatic nitrogens is 2. The minimum atomic E-state index is 0.722. The summed E-state index contributed by atoms with van der Waals surface area (Å²) in [5, 5.41) is 0. The number of nitrogens with zero attached hydrogens (tertiary/aromatic N) is 2. The normalized spacial score (nSPS) is 11.2. The summed E-state index contributed by atoms with van der Waals surface area (Å²) >= 11 is 0. The first-order valence-corrected chi connectivity index (χ1v) is 7.88. The lowest BCUT2D eigenvalue weighted by atomic mass is 10.2. The minimum Gasteiger partial charge on any atom is -0.330 e. The van der Waals surface area contributed by atoms with Gasteiger partial charge in [-0.3, -0.25) is 0 Å². The molecule has 0 saturated heterocycles. The minimum absolute atomic E-state index is 0.722. The van der Waals surface area contributed by atoms with E-state index in [1.165, 1.54) is 11.1 Å². The highest BCUT2D eigenvalue weighted by atomic mass is 14.9. The first-order chi connectivity index (χ1) is 10.8. The second kappa shape index (κ2) is 9.07. The van der Waals surface area contributed by atoms with Crippen molar-refractivity contribution in [3.63, 3.8) is 0 Å². The van der Waals surface area contributed by atoms with E-state index in [4.69, 9.17) is 11.5 Å². The van der Waals surface area contributed by atoms with Crippen LogP contribution in [-0.2, 0) is 13.1 Å². The summed E-state index contributed by atoms with van der Waals surface area (Å²) in [7, 11) is 0. The van der Waals surface area contributed by atoms with Gasteiger partial charge in [0.15, 0.2) is 24.8 Å². The Morgan fingerprint density at radius 3 is 1.64 bits per heavy atom. The van der Waals surface area contributed by atoms with E-state index >= 15 is 0 Å². The van der Waals surface area contributed by atoms with Crippen molar-refractivity contribution in [2.45, 2.75) is 25.9 Å². The molecule has 0 atom stereocenters. The summed E-state index contributed by atoms with van der Waals surface area (Å²) in [5.41, 5.74) is 13.5. The summed E-state index contributed by atoms with van der Waals surface area (Å²) in [6.45, 7) is 3.37. The van der Waals surface area contributed by atoms with Crippen LogP contribution in [0.1, 0.15) is 24.0 Å². The van der Waals surface area contributed by atoms with Gasteiger partial charge in [0, 0.05) is 36.1 Å². The number of pyridine rings is 2. The van der Waals surface area contributed by atoms with Gasteiger partial charge in [-0.15, -0.1) is 0 Å². The van der Waals surface area contributed by atoms with E-state index in [2.05, 4.69) is 70.3 Å². The average Bonchev–Trinajstić information content (AvgIpc) is 2.57. The summed E-state index contributed by atoms with van der Waals surface area (Å²) < 4.78 is 4.36. The van der Waals surface area contributed by atoms with E-state index in [0.29, 0.717) is 0 Å². The third-order valence-corrected chi connectivity index (χ3v) is 3.47. The molecule has 0 amide bonds. The van der Waals surface area contributed by atoms with Gasteiger partial charge in [0.1, 0.15) is 13.1 Å². The van der Waals surface area contributed by atoms with Gasteiger partial charge in [0.25, 0.3) is 0 Å². The van der Waals surface area contributed by atoms with Gasteiger partial charge in [-0.2, -0.15) is 0 Å². The molecular formula is C18H26N4+2. The zero-order valence-corrected chi connectivity index (χ0v) is 13.1. The maximum atomic E-state index is 5.56. The fourth-order valence-electron chi connectivity index (χ4n) is 2.30. The molecule has 0 aromatic carbocycles. The van der Waals surface area contributed by atoms with Crippen LogP contribution >= 0.6 is 0 Å². The first kappa shape index (κ1) is 16.3. The average molecular weight is 298 g/mol. The van der Waals surface area contributed by atoms with E-state index in [1.807, 2.05) is 0 Å². The van der Waals surface area contributed by atoms with Gasteiger partial charge in [-0.05, 0) is 37.4 Å². The van der Waals surface area contributed by atoms with Crippen molar-refractivity contribution in [1.29, 1.82) is 0 Å². The van der Waals surface area contributed by atoms with E-state index < -0.39 is 0 Å². The summed E-state index contributed by atoms with van der Waals surface area (Å²) in [6.07, 6.45) is 14.7. The Kier molecular flexibility index (Phi) is 6.74. The zero-order chi connectivity index (χ0) is 15.6. The van der Waals surface area contributed by atoms with Crippen molar-refractivity contribution in [3.05, 3.63) is 60.2 Å². The second-order valence-electron chi connectivity index (χ2n) is 5.37. The predicted octanol–water partition coefficient (Wildman–Crippen LogP) is 1.13. The van der Waals surface area contributed by atoms with E-state index in [9.17, 15) is 0 Å². The van der Waals surface area contributed by atoms with Crippen LogP contribution in [0.5, 0.6) is 0 Å². The fraction of sp³-hybridized carbons (Fsp3) is 0.333. The quantitative estimate of drug-likeness (QED) is 0.718. The Morgan fingerprint density at radius 2 is 1.23 bits per heavy atom. The third kappa shape index (κ3) is 5.39. The SMILES string of the molecule is NCCC[n+]1cccc(/C=C/c2ccc[n+](CCCN)c2)c1. The molecule has 116 valence electrons. The molecule has 22 heavy (non-hydrogen) atoms. The molecule has 2 heterocycles. The fourth-order valence-corrected chi connectivity index (χ4v) is 2.30. The van der Waals surface area contributed by atoms with E-state index in [-0.39, 0.29) is 0 Å². The highest BCUT2D eigenvalue weighted by Gasteiger charge is 2.02. The standard InChI is InChI=1S/C18H26N4/c19-9-3-13-21-11-1-5-17(15-21)7-8-18-6-2-12-22(16-18)14-4-10-20/h1-2,5-8,11-12,15-16H,3-4,9-10,13-14,19-20H2/q+2/b8-7+. The molecule has 0 fully saturated rings. The molecule has 2 rings (SSSR count). The molecule has 0 aliphatic rings. The molecule has 2 aromatic heterocycles. The van der Waals surface area contributed by atoms with Crippen LogP contribution in [0.25, 0.3) is 12.2 Å². The van der Waals surface area contributed by atoms with Crippen molar-refractivity contribution in [2.75, 3.05) is 13.1 Å². The number of hydrogen-bond donors (Lipinski definition) is 2. The van der Waals surface area contributed by atoms with Crippen molar-refractivity contribution >= 4 is 12.2 Å². The van der Waals surface area contributed by atoms with Gasteiger partial charge >= 0.3 is 0 Å². The topological polar surface area (TPSA) is 59.8 Å². The molecule has 0 saturated carbocycles. The Hall–Kier alpha value is -2.04. The Balaban J connectivity index is 2.04. The predicted molar refractivity (Wildman–Crippen MR) is 89.5 cm³/mol. The number of rotatable bonds is 8. The number of hydrogen-bond acceptors (Lipinski definition) is 2. The molecule has 0 bridgehead atoms. The van der Waals surface area contributed by atoms with Crippen LogP contribution < -0.4 is 20.6 Å². The smallest absolute Gasteiger partial charge is 0.176 e. The third-order valence-electron chi connectivity index (χ3n) is 3.47. The van der Waals surface area contributed by atoms with E-state index in [1.54, 1.807) is 0 Å². The van der Waals surface area contributed by atoms with Crippen LogP contribution in [-0.4, -0.2) is 13.1 Å². The Morgan fingerprint density at radius 1 is 0.773 bits per heavy atom. The molecule has 0 unspecified atom stereocenters. The van der Waals surface area contributed by atoms with Gasteiger partial charge in [-0.25, -0.2) is 9.13 Å². The van der Waals surface area contributed by atoms with Gasteiger partial charge in [0.2, 0.25) is 0 Å². The van der Waals surface area contributed by atoms with Gasteiger partial charge in [0.05, 0.1) is 0 Å². The van der Waals surface area contributed by atoms with Crippen molar-refractivity contribution in [1.82, 2.24) is 0 Å². The van der Waals surface area contributed by atoms with Gasteiger partial charge < -0.3 is 11.5 Å². The lowest BCUT2D eigenvalue weighted by molar-refractivity contribution is -0.697. The molecule has 0 spiro atoms. The van der Waals surface area contributed by atoms with Crippen molar-refractivity contribution < 1.29 is 9.13 Å². The highest BCUT2D eigenvalue weighted by Crippen LogP contribution is 2.04. The molecule has 0 aliphatic carbocycles. The van der Waals surface area contributed by atoms with Crippen molar-refractivity contribution in [2.24, 2.45) is 11.5 Å². The Labute approximate surface area is 132 Å². The maximum Gasteiger partial charge on any atom is 0.176 e. The number of nitrogens with two attached hydrogens (primary N) is 2. The summed E-state index contributed by atoms with van der Waals surface area (Å²) in [6, 6.07) is 8.37. The summed E-state index contributed by atoms with van der Waals surface area (Å²) in [4.78, 5) is 0. The van der Waals surface area contributed by atoms with Crippen LogP contribution in [0.2, 0.25) is 0 Å². The van der Waals surface area contributed by atoms with Crippen molar-refractivity contribution in [3.8, 4) is 0 Å². The molecule has 4 nitrogen and oxygen atoms in total. The summed E-state index contributed by atoms with van der Waals surface area (Å²) in [5.74, 6) is 0. The van der Waals surface area contributed by atoms with Crippen LogP contribution in [0, 0.1) is 0 Å². The molecule has 0 aliphatic heterocycles. The monoisotopic (exact) mass is 298 g/mol. The maximum absolute atomic E-state index is 5.56. The zero-order valence-electron chi connectivity index (χ0n) is 13.1. The van der Waals surface area contributed by atoms with Gasteiger partial charge in [-0.1, -0.05) is 0 Å². The van der Waals surface area contributed by atoms with Crippen LogP contribution in [0.3, 0.4) is 0 Å². The van der Waals surface area contributed by atoms with E-state index in [0.717, 1.165) is 39.0 Å².